The molecule has 0 aromatic heterocycles. The van der Waals surface area contributed by atoms with Crippen LogP contribution in [0, 0.1) is 0 Å². The maximum absolute atomic E-state index is 12.4. The second-order valence-electron chi connectivity index (χ2n) is 5.94. The van der Waals surface area contributed by atoms with Crippen molar-refractivity contribution in [2.24, 2.45) is 0 Å². The zero-order valence-corrected chi connectivity index (χ0v) is 15.2. The number of carboxylic acid groups (broad SMARTS) is 2. The van der Waals surface area contributed by atoms with Crippen LogP contribution in [-0.4, -0.2) is 56.5 Å². The van der Waals surface area contributed by atoms with Crippen molar-refractivity contribution in [3.63, 3.8) is 0 Å². The standard InChI is InChI=1S/C19H18O10/c1-28-15-5-3-9(6-12(15)21)2-4-11(20)16-13(22)7-10(8-14(16)23)29-17(18(24)25)19(26)27/h3,5-8,17,21-23H,2,4H2,1H3,(H,24,25)(H,26,27). The molecule has 154 valence electrons. The second kappa shape index (κ2) is 8.83. The summed E-state index contributed by atoms with van der Waals surface area (Å²) in [4.78, 5) is 34.1. The van der Waals surface area contributed by atoms with Crippen LogP contribution in [0.15, 0.2) is 30.3 Å². The van der Waals surface area contributed by atoms with Gasteiger partial charge in [0.2, 0.25) is 0 Å². The lowest BCUT2D eigenvalue weighted by molar-refractivity contribution is -0.159. The van der Waals surface area contributed by atoms with Crippen molar-refractivity contribution in [3.05, 3.63) is 41.5 Å². The van der Waals surface area contributed by atoms with Crippen LogP contribution in [0.2, 0.25) is 0 Å². The molecule has 2 aromatic rings. The second-order valence-corrected chi connectivity index (χ2v) is 5.94. The number of methoxy groups -OCH3 is 1. The molecular formula is C19H18O10. The highest BCUT2D eigenvalue weighted by Gasteiger charge is 2.29. The summed E-state index contributed by atoms with van der Waals surface area (Å²) in [7, 11) is 1.40. The average molecular weight is 406 g/mol. The van der Waals surface area contributed by atoms with E-state index < -0.39 is 46.6 Å². The number of ether oxygens (including phenoxy) is 2. The van der Waals surface area contributed by atoms with E-state index in [-0.39, 0.29) is 24.3 Å². The molecule has 5 N–H and O–H groups in total. The van der Waals surface area contributed by atoms with Crippen molar-refractivity contribution in [3.8, 4) is 28.7 Å². The number of rotatable bonds is 9. The van der Waals surface area contributed by atoms with Gasteiger partial charge < -0.3 is 35.0 Å². The molecular weight excluding hydrogens is 388 g/mol. The average Bonchev–Trinajstić information content (AvgIpc) is 2.63. The Morgan fingerprint density at radius 3 is 2.00 bits per heavy atom. The number of aryl methyl sites for hydroxylation is 1. The van der Waals surface area contributed by atoms with E-state index in [0.717, 1.165) is 12.1 Å². The van der Waals surface area contributed by atoms with Gasteiger partial charge in [-0.15, -0.1) is 0 Å². The van der Waals surface area contributed by atoms with Crippen LogP contribution < -0.4 is 9.47 Å². The van der Waals surface area contributed by atoms with E-state index in [1.807, 2.05) is 0 Å². The summed E-state index contributed by atoms with van der Waals surface area (Å²) in [6, 6.07) is 6.26. The van der Waals surface area contributed by atoms with Crippen LogP contribution in [0.5, 0.6) is 28.7 Å². The van der Waals surface area contributed by atoms with Crippen LogP contribution in [-0.2, 0) is 16.0 Å². The molecule has 0 fully saturated rings. The molecule has 0 aliphatic carbocycles. The number of Topliss-reactive ketones (excluding diaryl/α,β-unsaturated/α-hetero) is 1. The Hall–Kier alpha value is -3.95. The molecule has 2 rings (SSSR count). The van der Waals surface area contributed by atoms with Gasteiger partial charge in [0.1, 0.15) is 22.8 Å². The fourth-order valence-electron chi connectivity index (χ4n) is 2.56. The molecule has 0 atom stereocenters. The van der Waals surface area contributed by atoms with E-state index in [1.54, 1.807) is 6.07 Å². The number of benzene rings is 2. The molecule has 0 heterocycles. The highest BCUT2D eigenvalue weighted by atomic mass is 16.5. The molecule has 0 amide bonds. The summed E-state index contributed by atoms with van der Waals surface area (Å²) < 4.78 is 9.65. The molecule has 0 spiro atoms. The van der Waals surface area contributed by atoms with Gasteiger partial charge in [-0.25, -0.2) is 9.59 Å². The number of hydrogen-bond donors (Lipinski definition) is 5. The summed E-state index contributed by atoms with van der Waals surface area (Å²) >= 11 is 0. The summed E-state index contributed by atoms with van der Waals surface area (Å²) in [5, 5.41) is 47.4. The smallest absolute Gasteiger partial charge is 0.356 e. The van der Waals surface area contributed by atoms with Gasteiger partial charge in [0.15, 0.2) is 17.3 Å². The number of phenolic OH excluding ortho intramolecular Hbond substituents is 3. The summed E-state index contributed by atoms with van der Waals surface area (Å²) in [6.45, 7) is 0. The molecule has 0 bridgehead atoms. The van der Waals surface area contributed by atoms with Gasteiger partial charge in [-0.3, -0.25) is 4.79 Å². The fraction of sp³-hybridized carbons (Fsp3) is 0.211. The highest BCUT2D eigenvalue weighted by molar-refractivity contribution is 6.01. The summed E-state index contributed by atoms with van der Waals surface area (Å²) in [5.41, 5.74) is 0.193. The Morgan fingerprint density at radius 2 is 1.52 bits per heavy atom. The van der Waals surface area contributed by atoms with E-state index in [9.17, 15) is 29.7 Å². The minimum Gasteiger partial charge on any atom is -0.507 e. The molecule has 29 heavy (non-hydrogen) atoms. The van der Waals surface area contributed by atoms with Gasteiger partial charge in [0, 0.05) is 18.6 Å². The lowest BCUT2D eigenvalue weighted by atomic mass is 10.0. The molecule has 0 radical (unpaired) electrons. The predicted molar refractivity (Wildman–Crippen MR) is 96.8 cm³/mol. The van der Waals surface area contributed by atoms with Gasteiger partial charge >= 0.3 is 11.9 Å². The van der Waals surface area contributed by atoms with E-state index >= 15 is 0 Å². The first-order valence-electron chi connectivity index (χ1n) is 8.21. The zero-order chi connectivity index (χ0) is 21.7. The van der Waals surface area contributed by atoms with Crippen molar-refractivity contribution < 1.29 is 49.4 Å². The van der Waals surface area contributed by atoms with Crippen LogP contribution in [0.4, 0.5) is 0 Å². The number of ketones is 1. The van der Waals surface area contributed by atoms with Crippen LogP contribution in [0.1, 0.15) is 22.3 Å². The Labute approximate surface area is 164 Å². The maximum atomic E-state index is 12.4. The van der Waals surface area contributed by atoms with Crippen molar-refractivity contribution in [2.45, 2.75) is 18.9 Å². The third-order valence-electron chi connectivity index (χ3n) is 3.94. The molecule has 0 saturated heterocycles. The number of phenols is 3. The molecule has 0 aliphatic heterocycles. The van der Waals surface area contributed by atoms with E-state index in [2.05, 4.69) is 0 Å². The molecule has 2 aromatic carbocycles. The number of carboxylic acids is 2. The number of carbonyl (C=O) groups excluding carboxylic acids is 1. The Morgan fingerprint density at radius 1 is 0.931 bits per heavy atom. The monoisotopic (exact) mass is 406 g/mol. The molecule has 0 aliphatic rings. The van der Waals surface area contributed by atoms with Gasteiger partial charge in [-0.2, -0.15) is 0 Å². The summed E-state index contributed by atoms with van der Waals surface area (Å²) in [6.07, 6.45) is -2.19. The predicted octanol–water partition coefficient (Wildman–Crippen LogP) is 1.54. The van der Waals surface area contributed by atoms with Crippen LogP contribution >= 0.6 is 0 Å². The van der Waals surface area contributed by atoms with Crippen molar-refractivity contribution in [2.75, 3.05) is 7.11 Å². The SMILES string of the molecule is COc1ccc(CCC(=O)c2c(O)cc(OC(C(=O)O)C(=O)O)cc2O)cc1O. The van der Waals surface area contributed by atoms with Gasteiger partial charge in [-0.1, -0.05) is 6.07 Å². The lowest BCUT2D eigenvalue weighted by Crippen LogP contribution is -2.35. The van der Waals surface area contributed by atoms with Gasteiger partial charge in [0.05, 0.1) is 7.11 Å². The largest absolute Gasteiger partial charge is 0.507 e. The third kappa shape index (κ3) is 5.06. The maximum Gasteiger partial charge on any atom is 0.356 e. The minimum atomic E-state index is -2.25. The van der Waals surface area contributed by atoms with Crippen molar-refractivity contribution in [1.82, 2.24) is 0 Å². The Kier molecular flexibility index (Phi) is 6.50. The van der Waals surface area contributed by atoms with E-state index in [0.29, 0.717) is 5.56 Å². The van der Waals surface area contributed by atoms with Crippen molar-refractivity contribution in [1.29, 1.82) is 0 Å². The van der Waals surface area contributed by atoms with Crippen LogP contribution in [0.3, 0.4) is 0 Å². The van der Waals surface area contributed by atoms with Gasteiger partial charge in [0.25, 0.3) is 6.10 Å². The molecule has 0 unspecified atom stereocenters. The zero-order valence-electron chi connectivity index (χ0n) is 15.2. The number of aliphatic carboxylic acids is 2. The molecule has 0 saturated carbocycles. The van der Waals surface area contributed by atoms with Crippen LogP contribution in [0.25, 0.3) is 0 Å². The first-order chi connectivity index (χ1) is 13.6. The quantitative estimate of drug-likeness (QED) is 0.304. The first-order valence-corrected chi connectivity index (χ1v) is 8.21. The normalized spacial score (nSPS) is 10.6. The van der Waals surface area contributed by atoms with Gasteiger partial charge in [-0.05, 0) is 24.1 Å². The number of hydrogen-bond acceptors (Lipinski definition) is 8. The van der Waals surface area contributed by atoms with E-state index in [4.69, 9.17) is 19.7 Å². The molecule has 10 nitrogen and oxygen atoms in total. The summed E-state index contributed by atoms with van der Waals surface area (Å²) in [5.74, 6) is -5.85. The first kappa shape index (κ1) is 21.4. The topological polar surface area (TPSA) is 171 Å². The Balaban J connectivity index is 2.15. The Bertz CT molecular complexity index is 913. The third-order valence-corrected chi connectivity index (χ3v) is 3.94. The number of aromatic hydroxyl groups is 3. The fourth-order valence-corrected chi connectivity index (χ4v) is 2.56. The van der Waals surface area contributed by atoms with E-state index in [1.165, 1.54) is 19.2 Å². The number of carbonyl (C=O) groups is 3. The highest BCUT2D eigenvalue weighted by Crippen LogP contribution is 2.34. The lowest BCUT2D eigenvalue weighted by Gasteiger charge is -2.13. The molecule has 10 heteroatoms. The van der Waals surface area contributed by atoms with Crippen molar-refractivity contribution >= 4 is 17.7 Å². The minimum absolute atomic E-state index is 0.101.